The van der Waals surface area contributed by atoms with Crippen LogP contribution in [0.3, 0.4) is 0 Å². The Hall–Kier alpha value is -1.12. The summed E-state index contributed by atoms with van der Waals surface area (Å²) in [6.45, 7) is 0. The van der Waals surface area contributed by atoms with Crippen molar-refractivity contribution in [3.8, 4) is 11.3 Å². The molecule has 0 fully saturated rings. The SMILES string of the molecule is O=Cc1ncncc1-c1c[n]([Tl])cn1. The fourth-order valence-corrected chi connectivity index (χ4v) is 1.91. The summed E-state index contributed by atoms with van der Waals surface area (Å²) < 4.78 is 1.97. The van der Waals surface area contributed by atoms with Crippen LogP contribution in [0.25, 0.3) is 11.3 Å². The molecule has 2 aromatic heterocycles. The van der Waals surface area contributed by atoms with Gasteiger partial charge in [-0.1, -0.05) is 0 Å². The van der Waals surface area contributed by atoms with E-state index in [1.54, 1.807) is 12.5 Å². The Kier molecular flexibility index (Phi) is 2.66. The number of rotatable bonds is 2. The van der Waals surface area contributed by atoms with E-state index in [9.17, 15) is 4.79 Å². The molecule has 2 heterocycles. The molecular weight excluding hydrogens is 372 g/mol. The molecule has 0 aromatic carbocycles. The van der Waals surface area contributed by atoms with Gasteiger partial charge in [0.25, 0.3) is 0 Å². The van der Waals surface area contributed by atoms with Crippen molar-refractivity contribution in [2.75, 3.05) is 0 Å². The molecule has 0 atom stereocenters. The molecule has 0 saturated heterocycles. The molecule has 0 N–H and O–H groups in total. The zero-order chi connectivity index (χ0) is 9.97. The molecule has 0 saturated carbocycles. The van der Waals surface area contributed by atoms with Crippen LogP contribution in [0.1, 0.15) is 10.5 Å². The molecular formula is C8H5N4OTl. The second-order valence-electron chi connectivity index (χ2n) is 2.65. The number of carbonyl (C=O) groups is 1. The van der Waals surface area contributed by atoms with Gasteiger partial charge in [-0.2, -0.15) is 0 Å². The summed E-state index contributed by atoms with van der Waals surface area (Å²) in [5, 5.41) is 0. The first kappa shape index (κ1) is 9.44. The fourth-order valence-electron chi connectivity index (χ4n) is 1.11. The maximum atomic E-state index is 10.7. The van der Waals surface area contributed by atoms with Crippen molar-refractivity contribution in [1.29, 1.82) is 0 Å². The molecule has 0 aliphatic heterocycles. The van der Waals surface area contributed by atoms with Gasteiger partial charge in [0.2, 0.25) is 0 Å². The molecule has 0 bridgehead atoms. The Bertz CT molecular complexity index is 468. The van der Waals surface area contributed by atoms with Gasteiger partial charge in [0.15, 0.2) is 0 Å². The van der Waals surface area contributed by atoms with Crippen LogP contribution < -0.4 is 0 Å². The molecule has 0 amide bonds. The molecule has 2 aromatic rings. The summed E-state index contributed by atoms with van der Waals surface area (Å²) in [6, 6.07) is 0. The van der Waals surface area contributed by atoms with Crippen molar-refractivity contribution < 1.29 is 4.79 Å². The zero-order valence-corrected chi connectivity index (χ0v) is 11.7. The molecule has 0 radical (unpaired) electrons. The van der Waals surface area contributed by atoms with Gasteiger partial charge in [0, 0.05) is 0 Å². The normalized spacial score (nSPS) is 9.93. The quantitative estimate of drug-likeness (QED) is 0.550. The summed E-state index contributed by atoms with van der Waals surface area (Å²) in [5.74, 6) is 0. The molecule has 0 unspecified atom stereocenters. The van der Waals surface area contributed by atoms with Gasteiger partial charge < -0.3 is 0 Å². The number of aromatic nitrogens is 4. The summed E-state index contributed by atoms with van der Waals surface area (Å²) in [6.07, 6.45) is 7.29. The Morgan fingerprint density at radius 1 is 1.43 bits per heavy atom. The van der Waals surface area contributed by atoms with E-state index in [0.717, 1.165) is 5.69 Å². The molecule has 14 heavy (non-hydrogen) atoms. The van der Waals surface area contributed by atoms with Crippen LogP contribution in [0, 0.1) is 0 Å². The van der Waals surface area contributed by atoms with Crippen molar-refractivity contribution in [1.82, 2.24) is 17.3 Å². The number of imidazole rings is 1. The Morgan fingerprint density at radius 2 is 2.29 bits per heavy atom. The average Bonchev–Trinajstić information content (AvgIpc) is 2.65. The van der Waals surface area contributed by atoms with E-state index in [2.05, 4.69) is 15.0 Å². The molecule has 0 aliphatic rings. The van der Waals surface area contributed by atoms with Crippen molar-refractivity contribution in [2.24, 2.45) is 0 Å². The van der Waals surface area contributed by atoms with E-state index in [-0.39, 0.29) is 0 Å². The predicted octanol–water partition coefficient (Wildman–Crippen LogP) is 0.0842. The molecule has 0 spiro atoms. The van der Waals surface area contributed by atoms with E-state index >= 15 is 0 Å². The predicted molar refractivity (Wildman–Crippen MR) is 49.8 cm³/mol. The number of carbonyl (C=O) groups excluding carboxylic acids is 1. The maximum absolute atomic E-state index is 10.7. The Labute approximate surface area is 96.3 Å². The van der Waals surface area contributed by atoms with Crippen LogP contribution in [0.4, 0.5) is 0 Å². The summed E-state index contributed by atoms with van der Waals surface area (Å²) in [4.78, 5) is 22.6. The summed E-state index contributed by atoms with van der Waals surface area (Å²) in [5.41, 5.74) is 1.81. The van der Waals surface area contributed by atoms with Crippen molar-refractivity contribution in [3.63, 3.8) is 0 Å². The molecule has 5 nitrogen and oxygen atoms in total. The average molecular weight is 378 g/mol. The monoisotopic (exact) mass is 378 g/mol. The second kappa shape index (κ2) is 3.95. The van der Waals surface area contributed by atoms with Crippen molar-refractivity contribution in [2.45, 2.75) is 0 Å². The second-order valence-corrected chi connectivity index (χ2v) is 4.96. The van der Waals surface area contributed by atoms with Crippen molar-refractivity contribution >= 4 is 32.4 Å². The van der Waals surface area contributed by atoms with Crippen LogP contribution >= 0.6 is 0 Å². The van der Waals surface area contributed by atoms with E-state index in [1.807, 2.05) is 8.57 Å². The van der Waals surface area contributed by atoms with Gasteiger partial charge in [0.05, 0.1) is 0 Å². The Balaban J connectivity index is 2.55. The summed E-state index contributed by atoms with van der Waals surface area (Å²) in [7, 11) is 0. The first-order chi connectivity index (χ1) is 6.81. The van der Waals surface area contributed by atoms with Crippen LogP contribution in [0.5, 0.6) is 0 Å². The van der Waals surface area contributed by atoms with E-state index in [1.165, 1.54) is 6.33 Å². The van der Waals surface area contributed by atoms with Gasteiger partial charge in [0.1, 0.15) is 0 Å². The molecule has 66 valence electrons. The van der Waals surface area contributed by atoms with Gasteiger partial charge in [-0.15, -0.1) is 0 Å². The van der Waals surface area contributed by atoms with Crippen LogP contribution in [-0.2, 0) is 0 Å². The third-order valence-corrected chi connectivity index (χ3v) is 2.83. The topological polar surface area (TPSA) is 60.7 Å². The van der Waals surface area contributed by atoms with Gasteiger partial charge in [-0.3, -0.25) is 0 Å². The number of hydrogen-bond donors (Lipinski definition) is 0. The standard InChI is InChI=1S/C8H6N4O.Tl/c13-3-8-6(1-9-4-12-8)7-2-10-5-11-7;/h1-5H,(H,10,11,13);/q;+1/p-1. The van der Waals surface area contributed by atoms with Crippen LogP contribution in [0.15, 0.2) is 25.0 Å². The Morgan fingerprint density at radius 3 is 2.93 bits per heavy atom. The zero-order valence-electron chi connectivity index (χ0n) is 7.16. The third-order valence-electron chi connectivity index (χ3n) is 1.73. The van der Waals surface area contributed by atoms with Crippen LogP contribution in [-0.4, -0.2) is 49.7 Å². The minimum absolute atomic E-state index is 0.378. The van der Waals surface area contributed by atoms with Gasteiger partial charge in [-0.05, 0) is 0 Å². The molecule has 6 heteroatoms. The number of hydrogen-bond acceptors (Lipinski definition) is 4. The van der Waals surface area contributed by atoms with E-state index < -0.39 is 0 Å². The van der Waals surface area contributed by atoms with Crippen LogP contribution in [0.2, 0.25) is 0 Å². The minimum atomic E-state index is 0.378. The van der Waals surface area contributed by atoms with E-state index in [0.29, 0.717) is 43.6 Å². The molecule has 2 rings (SSSR count). The number of nitrogens with zero attached hydrogens (tertiary/aromatic N) is 4. The summed E-state index contributed by atoms with van der Waals surface area (Å²) >= 11 is 0.672. The third kappa shape index (κ3) is 1.72. The van der Waals surface area contributed by atoms with Crippen molar-refractivity contribution in [3.05, 3.63) is 30.7 Å². The van der Waals surface area contributed by atoms with Gasteiger partial charge in [-0.25, -0.2) is 0 Å². The first-order valence-corrected chi connectivity index (χ1v) is 5.86. The fraction of sp³-hybridized carbons (Fsp3) is 0. The first-order valence-electron chi connectivity index (χ1n) is 3.86. The van der Waals surface area contributed by atoms with Gasteiger partial charge >= 0.3 is 96.5 Å². The molecule has 0 aliphatic carbocycles. The number of aldehydes is 1. The van der Waals surface area contributed by atoms with E-state index in [4.69, 9.17) is 0 Å².